The molecule has 1 heterocycles. The molecule has 8 heteroatoms. The fraction of sp³-hybridized carbons (Fsp3) is 0.286. The highest BCUT2D eigenvalue weighted by Crippen LogP contribution is 2.25. The fourth-order valence-electron chi connectivity index (χ4n) is 2.08. The Bertz CT molecular complexity index is 553. The lowest BCUT2D eigenvalue weighted by Crippen LogP contribution is -2.44. The lowest BCUT2D eigenvalue weighted by Gasteiger charge is -2.21. The van der Waals surface area contributed by atoms with Crippen molar-refractivity contribution in [2.75, 3.05) is 7.11 Å². The average molecular weight is 419 g/mol. The minimum absolute atomic E-state index is 0.0234. The van der Waals surface area contributed by atoms with Gasteiger partial charge in [0.25, 0.3) is 11.8 Å². The van der Waals surface area contributed by atoms with Crippen molar-refractivity contribution in [1.82, 2.24) is 4.90 Å². The average Bonchev–Trinajstić information content (AvgIpc) is 2.74. The Morgan fingerprint density at radius 1 is 1.32 bits per heavy atom. The topological polar surface area (TPSA) is 101 Å². The molecule has 1 aromatic carbocycles. The number of aliphatic carboxylic acids is 1. The number of hydrogen-bond acceptors (Lipinski definition) is 5. The molecule has 0 saturated heterocycles. The van der Waals surface area contributed by atoms with Gasteiger partial charge in [-0.05, 0) is 18.6 Å². The Morgan fingerprint density at radius 3 is 2.14 bits per heavy atom. The standard InChI is InChI=1S/C13H11NO5.CH3IO/c15-7-3-6-10(13(18)19)14-11(16)8-4-1-2-5-9(8)12(14)17;1-3-2/h1-2,4-5,7,10H,3,6H2,(H,18,19);1H3. The number of hydrogen-bond donors (Lipinski definition) is 1. The van der Waals surface area contributed by atoms with E-state index < -0.39 is 23.8 Å². The second-order valence-electron chi connectivity index (χ2n) is 4.28. The first kappa shape index (κ1) is 18.2. The number of amides is 2. The van der Waals surface area contributed by atoms with E-state index >= 15 is 0 Å². The third-order valence-electron chi connectivity index (χ3n) is 2.98. The second-order valence-corrected chi connectivity index (χ2v) is 5.16. The summed E-state index contributed by atoms with van der Waals surface area (Å²) >= 11 is 1.79. The number of benzene rings is 1. The summed E-state index contributed by atoms with van der Waals surface area (Å²) in [6, 6.07) is 4.86. The maximum absolute atomic E-state index is 12.1. The number of halogens is 1. The van der Waals surface area contributed by atoms with Crippen molar-refractivity contribution in [2.45, 2.75) is 18.9 Å². The van der Waals surface area contributed by atoms with E-state index in [4.69, 9.17) is 5.11 Å². The van der Waals surface area contributed by atoms with Gasteiger partial charge >= 0.3 is 5.97 Å². The summed E-state index contributed by atoms with van der Waals surface area (Å²) < 4.78 is 4.22. The first-order valence-electron chi connectivity index (χ1n) is 6.27. The number of carbonyl (C=O) groups excluding carboxylic acids is 3. The van der Waals surface area contributed by atoms with E-state index in [0.29, 0.717) is 6.29 Å². The normalized spacial score (nSPS) is 14.0. The fourth-order valence-corrected chi connectivity index (χ4v) is 2.08. The number of fused-ring (bicyclic) bond motifs is 1. The lowest BCUT2D eigenvalue weighted by atomic mass is 10.1. The van der Waals surface area contributed by atoms with Gasteiger partial charge in [0, 0.05) is 13.5 Å². The molecule has 0 aromatic heterocycles. The van der Waals surface area contributed by atoms with Gasteiger partial charge in [0.05, 0.1) is 11.1 Å². The van der Waals surface area contributed by atoms with E-state index in [2.05, 4.69) is 3.07 Å². The van der Waals surface area contributed by atoms with Crippen LogP contribution >= 0.6 is 23.0 Å². The van der Waals surface area contributed by atoms with Gasteiger partial charge in [0.15, 0.2) is 0 Å². The molecule has 0 aliphatic carbocycles. The highest BCUT2D eigenvalue weighted by Gasteiger charge is 2.42. The van der Waals surface area contributed by atoms with Gasteiger partial charge in [-0.2, -0.15) is 0 Å². The molecule has 2 amide bonds. The highest BCUT2D eigenvalue weighted by molar-refractivity contribution is 14.1. The highest BCUT2D eigenvalue weighted by atomic mass is 127. The molecule has 118 valence electrons. The van der Waals surface area contributed by atoms with Crippen LogP contribution in [0.5, 0.6) is 0 Å². The van der Waals surface area contributed by atoms with Crippen LogP contribution in [-0.4, -0.2) is 47.2 Å². The molecule has 0 spiro atoms. The molecule has 7 nitrogen and oxygen atoms in total. The zero-order valence-corrected chi connectivity index (χ0v) is 13.8. The summed E-state index contributed by atoms with van der Waals surface area (Å²) in [4.78, 5) is 46.4. The van der Waals surface area contributed by atoms with Crippen LogP contribution in [0.3, 0.4) is 0 Å². The third-order valence-corrected chi connectivity index (χ3v) is 2.98. The van der Waals surface area contributed by atoms with Crippen molar-refractivity contribution in [1.29, 1.82) is 0 Å². The molecule has 22 heavy (non-hydrogen) atoms. The summed E-state index contributed by atoms with van der Waals surface area (Å²) in [6.45, 7) is 0. The first-order chi connectivity index (χ1) is 10.5. The first-order valence-corrected chi connectivity index (χ1v) is 7.15. The molecule has 2 rings (SSSR count). The van der Waals surface area contributed by atoms with Crippen LogP contribution in [0.25, 0.3) is 0 Å². The SMILES string of the molecule is COI.O=CCCC(C(=O)O)N1C(=O)c2ccccc2C1=O. The predicted molar refractivity (Wildman–Crippen MR) is 84.7 cm³/mol. The molecule has 1 unspecified atom stereocenters. The van der Waals surface area contributed by atoms with Crippen LogP contribution in [0.4, 0.5) is 0 Å². The molecule has 1 aliphatic rings. The number of carboxylic acid groups (broad SMARTS) is 1. The number of aldehydes is 1. The van der Waals surface area contributed by atoms with Gasteiger partial charge in [-0.1, -0.05) is 12.1 Å². The summed E-state index contributed by atoms with van der Waals surface area (Å²) in [6.07, 6.45) is 0.461. The number of carbonyl (C=O) groups is 4. The number of imide groups is 1. The second kappa shape index (κ2) is 8.59. The van der Waals surface area contributed by atoms with Crippen LogP contribution in [0, 0.1) is 0 Å². The summed E-state index contributed by atoms with van der Waals surface area (Å²) in [5.41, 5.74) is 0.398. The van der Waals surface area contributed by atoms with E-state index in [1.807, 2.05) is 0 Å². The zero-order chi connectivity index (χ0) is 16.7. The van der Waals surface area contributed by atoms with Crippen LogP contribution in [0.2, 0.25) is 0 Å². The zero-order valence-electron chi connectivity index (χ0n) is 11.7. The lowest BCUT2D eigenvalue weighted by molar-refractivity contribution is -0.141. The minimum Gasteiger partial charge on any atom is -0.480 e. The summed E-state index contributed by atoms with van der Waals surface area (Å²) in [5.74, 6) is -2.55. The molecule has 1 atom stereocenters. The molecular formula is C14H14INO6. The van der Waals surface area contributed by atoms with Gasteiger partial charge in [0.1, 0.15) is 35.3 Å². The Kier molecular flexibility index (Phi) is 7.12. The largest absolute Gasteiger partial charge is 0.480 e. The Labute approximate surface area is 140 Å². The van der Waals surface area contributed by atoms with Crippen LogP contribution < -0.4 is 0 Å². The monoisotopic (exact) mass is 419 g/mol. The Morgan fingerprint density at radius 2 is 1.77 bits per heavy atom. The van der Waals surface area contributed by atoms with Crippen molar-refractivity contribution >= 4 is 47.1 Å². The van der Waals surface area contributed by atoms with Crippen LogP contribution in [0.15, 0.2) is 24.3 Å². The number of nitrogens with zero attached hydrogens (tertiary/aromatic N) is 1. The molecule has 0 radical (unpaired) electrons. The van der Waals surface area contributed by atoms with Crippen molar-refractivity contribution < 1.29 is 27.4 Å². The summed E-state index contributed by atoms with van der Waals surface area (Å²) in [7, 11) is 1.61. The van der Waals surface area contributed by atoms with E-state index in [-0.39, 0.29) is 24.0 Å². The van der Waals surface area contributed by atoms with Crippen molar-refractivity contribution in [3.8, 4) is 0 Å². The molecule has 0 saturated carbocycles. The summed E-state index contributed by atoms with van der Waals surface area (Å²) in [5, 5.41) is 9.11. The quantitative estimate of drug-likeness (QED) is 0.443. The molecule has 1 aliphatic heterocycles. The van der Waals surface area contributed by atoms with Gasteiger partial charge in [-0.15, -0.1) is 0 Å². The van der Waals surface area contributed by atoms with Crippen LogP contribution in [-0.2, 0) is 12.7 Å². The van der Waals surface area contributed by atoms with E-state index in [9.17, 15) is 19.2 Å². The third kappa shape index (κ3) is 3.89. The molecule has 0 fully saturated rings. The van der Waals surface area contributed by atoms with E-state index in [1.165, 1.54) is 12.1 Å². The maximum Gasteiger partial charge on any atom is 0.326 e. The van der Waals surface area contributed by atoms with Gasteiger partial charge in [-0.3, -0.25) is 14.5 Å². The van der Waals surface area contributed by atoms with E-state index in [1.54, 1.807) is 42.2 Å². The number of rotatable bonds is 5. The minimum atomic E-state index is -1.31. The molecule has 0 bridgehead atoms. The van der Waals surface area contributed by atoms with Gasteiger partial charge < -0.3 is 13.0 Å². The molecule has 1 aromatic rings. The Hall–Kier alpha value is -1.81. The molecule has 1 N–H and O–H groups in total. The number of carboxylic acids is 1. The smallest absolute Gasteiger partial charge is 0.326 e. The van der Waals surface area contributed by atoms with Gasteiger partial charge in [0.2, 0.25) is 0 Å². The van der Waals surface area contributed by atoms with Crippen molar-refractivity contribution in [3.05, 3.63) is 35.4 Å². The Balaban J connectivity index is 0.000000745. The van der Waals surface area contributed by atoms with Crippen molar-refractivity contribution in [3.63, 3.8) is 0 Å². The van der Waals surface area contributed by atoms with Crippen LogP contribution in [0.1, 0.15) is 33.6 Å². The molecular weight excluding hydrogens is 405 g/mol. The maximum atomic E-state index is 12.1. The van der Waals surface area contributed by atoms with E-state index in [0.717, 1.165) is 4.90 Å². The van der Waals surface area contributed by atoms with Crippen molar-refractivity contribution in [2.24, 2.45) is 0 Å². The van der Waals surface area contributed by atoms with Gasteiger partial charge in [-0.25, -0.2) is 4.79 Å². The predicted octanol–water partition coefficient (Wildman–Crippen LogP) is 1.70.